The van der Waals surface area contributed by atoms with Crippen LogP contribution in [0.3, 0.4) is 0 Å². The van der Waals surface area contributed by atoms with Crippen LogP contribution in [0.1, 0.15) is 11.3 Å². The molecule has 4 nitrogen and oxygen atoms in total. The third-order valence-electron chi connectivity index (χ3n) is 3.20. The molecule has 1 aromatic carbocycles. The Hall–Kier alpha value is -2.50. The van der Waals surface area contributed by atoms with E-state index in [1.54, 1.807) is 18.3 Å². The van der Waals surface area contributed by atoms with E-state index < -0.39 is 0 Å². The van der Waals surface area contributed by atoms with Gasteiger partial charge in [0, 0.05) is 22.7 Å². The molecule has 0 fully saturated rings. The third-order valence-corrected chi connectivity index (χ3v) is 4.46. The van der Waals surface area contributed by atoms with Crippen LogP contribution in [0.2, 0.25) is 5.02 Å². The fourth-order valence-electron chi connectivity index (χ4n) is 2.01. The fraction of sp³-hybridized carbons (Fsp3) is 0.0556. The van der Waals surface area contributed by atoms with Gasteiger partial charge in [0.1, 0.15) is 5.01 Å². The van der Waals surface area contributed by atoms with E-state index in [-0.39, 0.29) is 5.91 Å². The van der Waals surface area contributed by atoms with Gasteiger partial charge in [-0.1, -0.05) is 35.9 Å². The Morgan fingerprint density at radius 3 is 2.83 bits per heavy atom. The summed E-state index contributed by atoms with van der Waals surface area (Å²) >= 11 is 7.55. The second-order valence-electron chi connectivity index (χ2n) is 4.93. The summed E-state index contributed by atoms with van der Waals surface area (Å²) in [4.78, 5) is 20.6. The largest absolute Gasteiger partial charge is 0.347 e. The van der Waals surface area contributed by atoms with Gasteiger partial charge in [-0.2, -0.15) is 0 Å². The standard InChI is InChI=1S/C18H14ClN3OS/c19-15-6-2-1-5-13(15)8-9-17(23)21-11-14-12-24-18(22-14)16-7-3-4-10-20-16/h1-10,12H,11H2,(H,21,23)/b9-8+. The average Bonchev–Trinajstić information content (AvgIpc) is 3.09. The zero-order chi connectivity index (χ0) is 16.8. The molecule has 3 rings (SSSR count). The first-order chi connectivity index (χ1) is 11.7. The summed E-state index contributed by atoms with van der Waals surface area (Å²) in [5, 5.41) is 6.18. The van der Waals surface area contributed by atoms with Gasteiger partial charge >= 0.3 is 0 Å². The average molecular weight is 356 g/mol. The Labute approximate surface area is 148 Å². The van der Waals surface area contributed by atoms with Gasteiger partial charge in [-0.05, 0) is 29.8 Å². The maximum absolute atomic E-state index is 11.9. The lowest BCUT2D eigenvalue weighted by atomic mass is 10.2. The summed E-state index contributed by atoms with van der Waals surface area (Å²) in [6, 6.07) is 13.1. The smallest absolute Gasteiger partial charge is 0.244 e. The lowest BCUT2D eigenvalue weighted by molar-refractivity contribution is -0.116. The number of pyridine rings is 1. The molecule has 2 heterocycles. The Balaban J connectivity index is 1.57. The van der Waals surface area contributed by atoms with Gasteiger partial charge < -0.3 is 5.32 Å². The molecule has 0 saturated carbocycles. The molecule has 1 N–H and O–H groups in total. The van der Waals surface area contributed by atoms with Gasteiger partial charge in [-0.15, -0.1) is 11.3 Å². The Morgan fingerprint density at radius 1 is 1.21 bits per heavy atom. The van der Waals surface area contributed by atoms with Gasteiger partial charge in [0.2, 0.25) is 5.91 Å². The van der Waals surface area contributed by atoms with E-state index in [0.717, 1.165) is 22.0 Å². The van der Waals surface area contributed by atoms with E-state index in [9.17, 15) is 4.79 Å². The number of hydrogen-bond acceptors (Lipinski definition) is 4. The van der Waals surface area contributed by atoms with Crippen LogP contribution in [-0.4, -0.2) is 15.9 Å². The van der Waals surface area contributed by atoms with E-state index in [1.165, 1.54) is 17.4 Å². The fourth-order valence-corrected chi connectivity index (χ4v) is 3.00. The van der Waals surface area contributed by atoms with Gasteiger partial charge in [0.05, 0.1) is 17.9 Å². The van der Waals surface area contributed by atoms with Crippen molar-refractivity contribution in [2.75, 3.05) is 0 Å². The maximum atomic E-state index is 11.9. The monoisotopic (exact) mass is 355 g/mol. The molecule has 0 aliphatic heterocycles. The van der Waals surface area contributed by atoms with E-state index in [0.29, 0.717) is 11.6 Å². The van der Waals surface area contributed by atoms with Crippen LogP contribution in [0, 0.1) is 0 Å². The summed E-state index contributed by atoms with van der Waals surface area (Å²) < 4.78 is 0. The number of aromatic nitrogens is 2. The molecule has 0 bridgehead atoms. The number of halogens is 1. The lowest BCUT2D eigenvalue weighted by Crippen LogP contribution is -2.20. The van der Waals surface area contributed by atoms with Crippen molar-refractivity contribution < 1.29 is 4.79 Å². The summed E-state index contributed by atoms with van der Waals surface area (Å²) in [6.07, 6.45) is 4.89. The summed E-state index contributed by atoms with van der Waals surface area (Å²) in [5.41, 5.74) is 2.44. The number of rotatable bonds is 5. The third kappa shape index (κ3) is 4.28. The first-order valence-electron chi connectivity index (χ1n) is 7.28. The van der Waals surface area contributed by atoms with E-state index >= 15 is 0 Å². The minimum absolute atomic E-state index is 0.192. The minimum Gasteiger partial charge on any atom is -0.347 e. The van der Waals surface area contributed by atoms with Crippen LogP contribution in [0.15, 0.2) is 60.1 Å². The van der Waals surface area contributed by atoms with Gasteiger partial charge in [0.15, 0.2) is 0 Å². The zero-order valence-corrected chi connectivity index (χ0v) is 14.2. The van der Waals surface area contributed by atoms with Crippen LogP contribution in [0.5, 0.6) is 0 Å². The van der Waals surface area contributed by atoms with Crippen molar-refractivity contribution in [1.29, 1.82) is 0 Å². The van der Waals surface area contributed by atoms with Crippen molar-refractivity contribution in [3.05, 3.63) is 76.4 Å². The molecule has 0 aliphatic carbocycles. The van der Waals surface area contributed by atoms with Crippen LogP contribution in [0.25, 0.3) is 16.8 Å². The van der Waals surface area contributed by atoms with Crippen LogP contribution in [0.4, 0.5) is 0 Å². The van der Waals surface area contributed by atoms with E-state index in [2.05, 4.69) is 15.3 Å². The molecule has 0 saturated heterocycles. The maximum Gasteiger partial charge on any atom is 0.244 e. The number of benzene rings is 1. The highest BCUT2D eigenvalue weighted by atomic mass is 35.5. The summed E-state index contributed by atoms with van der Waals surface area (Å²) in [7, 11) is 0. The predicted octanol–water partition coefficient (Wildman–Crippen LogP) is 4.19. The van der Waals surface area contributed by atoms with Crippen molar-refractivity contribution in [2.45, 2.75) is 6.54 Å². The van der Waals surface area contributed by atoms with Gasteiger partial charge in [0.25, 0.3) is 0 Å². The number of carbonyl (C=O) groups excluding carboxylic acids is 1. The number of nitrogens with one attached hydrogen (secondary N) is 1. The zero-order valence-electron chi connectivity index (χ0n) is 12.6. The van der Waals surface area contributed by atoms with Crippen molar-refractivity contribution in [1.82, 2.24) is 15.3 Å². The van der Waals surface area contributed by atoms with Crippen molar-refractivity contribution in [3.63, 3.8) is 0 Å². The lowest BCUT2D eigenvalue weighted by Gasteiger charge is -2.00. The number of carbonyl (C=O) groups is 1. The summed E-state index contributed by atoms with van der Waals surface area (Å²) in [6.45, 7) is 0.370. The molecular formula is C18H14ClN3OS. The number of thiazole rings is 1. The topological polar surface area (TPSA) is 54.9 Å². The van der Waals surface area contributed by atoms with Crippen LogP contribution >= 0.6 is 22.9 Å². The Bertz CT molecular complexity index is 861. The highest BCUT2D eigenvalue weighted by Gasteiger charge is 2.06. The Morgan fingerprint density at radius 2 is 2.04 bits per heavy atom. The molecule has 1 amide bonds. The molecule has 6 heteroatoms. The van der Waals surface area contributed by atoms with Crippen LogP contribution < -0.4 is 5.32 Å². The van der Waals surface area contributed by atoms with Crippen LogP contribution in [-0.2, 0) is 11.3 Å². The molecule has 3 aromatic rings. The molecule has 24 heavy (non-hydrogen) atoms. The molecule has 0 spiro atoms. The second-order valence-corrected chi connectivity index (χ2v) is 6.20. The van der Waals surface area contributed by atoms with Gasteiger partial charge in [-0.3, -0.25) is 9.78 Å². The minimum atomic E-state index is -0.192. The molecule has 0 radical (unpaired) electrons. The number of nitrogens with zero attached hydrogens (tertiary/aromatic N) is 2. The molecule has 2 aromatic heterocycles. The second kappa shape index (κ2) is 7.86. The highest BCUT2D eigenvalue weighted by molar-refractivity contribution is 7.13. The first-order valence-corrected chi connectivity index (χ1v) is 8.54. The highest BCUT2D eigenvalue weighted by Crippen LogP contribution is 2.21. The van der Waals surface area contributed by atoms with E-state index in [1.807, 2.05) is 41.8 Å². The summed E-state index contributed by atoms with van der Waals surface area (Å²) in [5.74, 6) is -0.192. The molecule has 0 unspecified atom stereocenters. The molecule has 120 valence electrons. The van der Waals surface area contributed by atoms with Crippen molar-refractivity contribution in [3.8, 4) is 10.7 Å². The number of amides is 1. The van der Waals surface area contributed by atoms with Crippen molar-refractivity contribution in [2.24, 2.45) is 0 Å². The van der Waals surface area contributed by atoms with Crippen molar-refractivity contribution >= 4 is 34.9 Å². The normalized spacial score (nSPS) is 10.9. The predicted molar refractivity (Wildman–Crippen MR) is 97.7 cm³/mol. The molecule has 0 atom stereocenters. The molecule has 0 aliphatic rings. The van der Waals surface area contributed by atoms with E-state index in [4.69, 9.17) is 11.6 Å². The Kier molecular flexibility index (Phi) is 5.36. The number of hydrogen-bond donors (Lipinski definition) is 1. The quantitative estimate of drug-likeness (QED) is 0.698. The van der Waals surface area contributed by atoms with Gasteiger partial charge in [-0.25, -0.2) is 4.98 Å². The SMILES string of the molecule is O=C(/C=C/c1ccccc1Cl)NCc1csc(-c2ccccn2)n1. The molecular weight excluding hydrogens is 342 g/mol. The first kappa shape index (κ1) is 16.4.